The highest BCUT2D eigenvalue weighted by Gasteiger charge is 2.14. The van der Waals surface area contributed by atoms with E-state index in [1.54, 1.807) is 11.5 Å². The van der Waals surface area contributed by atoms with E-state index >= 15 is 0 Å². The van der Waals surface area contributed by atoms with Gasteiger partial charge >= 0.3 is 5.69 Å². The van der Waals surface area contributed by atoms with Gasteiger partial charge in [0.25, 0.3) is 0 Å². The highest BCUT2D eigenvalue weighted by molar-refractivity contribution is 5.76. The molecule has 2 heterocycles. The zero-order chi connectivity index (χ0) is 18.2. The summed E-state index contributed by atoms with van der Waals surface area (Å²) in [6.07, 6.45) is 1.29. The lowest BCUT2D eigenvalue weighted by molar-refractivity contribution is -0.131. The Morgan fingerprint density at radius 3 is 2.64 bits per heavy atom. The van der Waals surface area contributed by atoms with Crippen LogP contribution >= 0.6 is 0 Å². The van der Waals surface area contributed by atoms with Crippen LogP contribution in [0.5, 0.6) is 0 Å². The van der Waals surface area contributed by atoms with E-state index in [2.05, 4.69) is 9.88 Å². The number of aromatic nitrogens is 2. The monoisotopic (exact) mass is 350 g/mol. The zero-order valence-electron chi connectivity index (χ0n) is 15.7. The third kappa shape index (κ3) is 5.93. The van der Waals surface area contributed by atoms with Crippen molar-refractivity contribution in [2.24, 2.45) is 0 Å². The minimum absolute atomic E-state index is 0.0938. The first-order valence-corrected chi connectivity index (χ1v) is 9.14. The Kier molecular flexibility index (Phi) is 7.58. The van der Waals surface area contributed by atoms with Crippen LogP contribution in [0.3, 0.4) is 0 Å². The molecule has 0 spiro atoms. The van der Waals surface area contributed by atoms with Crippen LogP contribution in [-0.2, 0) is 16.1 Å². The van der Waals surface area contributed by atoms with E-state index in [1.807, 2.05) is 24.8 Å². The van der Waals surface area contributed by atoms with Gasteiger partial charge in [0.1, 0.15) is 0 Å². The molecule has 0 unspecified atom stereocenters. The Morgan fingerprint density at radius 1 is 1.28 bits per heavy atom. The number of aryl methyl sites for hydroxylation is 2. The number of nitrogens with zero attached hydrogens (tertiary/aromatic N) is 4. The van der Waals surface area contributed by atoms with Crippen LogP contribution in [-0.4, -0.2) is 71.2 Å². The van der Waals surface area contributed by atoms with Gasteiger partial charge in [-0.2, -0.15) is 4.98 Å². The number of carbonyl (C=O) groups excluding carboxylic acids is 1. The average Bonchev–Trinajstić information content (AvgIpc) is 2.58. The molecule has 0 atom stereocenters. The van der Waals surface area contributed by atoms with Gasteiger partial charge < -0.3 is 9.64 Å². The summed E-state index contributed by atoms with van der Waals surface area (Å²) < 4.78 is 6.92. The van der Waals surface area contributed by atoms with E-state index < -0.39 is 0 Å². The molecule has 0 radical (unpaired) electrons. The fraction of sp³-hybridized carbons (Fsp3) is 0.722. The summed E-state index contributed by atoms with van der Waals surface area (Å²) in [5.74, 6) is 0.0938. The molecule has 1 amide bonds. The lowest BCUT2D eigenvalue weighted by Crippen LogP contribution is -2.39. The summed E-state index contributed by atoms with van der Waals surface area (Å²) in [7, 11) is 0. The van der Waals surface area contributed by atoms with Gasteiger partial charge in [0.05, 0.1) is 13.2 Å². The molecule has 0 bridgehead atoms. The van der Waals surface area contributed by atoms with Crippen molar-refractivity contribution in [3.05, 3.63) is 27.9 Å². The predicted octanol–water partition coefficient (Wildman–Crippen LogP) is 0.821. The van der Waals surface area contributed by atoms with Gasteiger partial charge in [0.2, 0.25) is 5.91 Å². The number of amides is 1. The molecule has 1 aliphatic heterocycles. The van der Waals surface area contributed by atoms with E-state index in [-0.39, 0.29) is 11.6 Å². The van der Waals surface area contributed by atoms with E-state index in [0.717, 1.165) is 51.5 Å². The second kappa shape index (κ2) is 9.68. The largest absolute Gasteiger partial charge is 0.379 e. The lowest BCUT2D eigenvalue weighted by atomic mass is 10.2. The SMILES string of the molecule is CCN(CCCN1CCOCC1)C(=O)CCn1c(C)cc(C)nc1=O. The molecule has 0 saturated carbocycles. The maximum absolute atomic E-state index is 12.5. The number of carbonyl (C=O) groups is 1. The molecule has 25 heavy (non-hydrogen) atoms. The first-order valence-electron chi connectivity index (χ1n) is 9.14. The molecular formula is C18H30N4O3. The normalized spacial score (nSPS) is 15.3. The van der Waals surface area contributed by atoms with Gasteiger partial charge in [-0.1, -0.05) is 0 Å². The van der Waals surface area contributed by atoms with E-state index in [0.29, 0.717) is 25.2 Å². The van der Waals surface area contributed by atoms with Crippen LogP contribution in [0.15, 0.2) is 10.9 Å². The van der Waals surface area contributed by atoms with E-state index in [9.17, 15) is 9.59 Å². The maximum Gasteiger partial charge on any atom is 0.347 e. The Hall–Kier alpha value is -1.73. The van der Waals surface area contributed by atoms with Gasteiger partial charge in [0, 0.05) is 57.1 Å². The van der Waals surface area contributed by atoms with Crippen LogP contribution in [0.4, 0.5) is 0 Å². The summed E-state index contributed by atoms with van der Waals surface area (Å²) >= 11 is 0. The average molecular weight is 350 g/mol. The first kappa shape index (κ1) is 19.6. The number of ether oxygens (including phenoxy) is 1. The van der Waals surface area contributed by atoms with Gasteiger partial charge in [-0.15, -0.1) is 0 Å². The molecule has 0 N–H and O–H groups in total. The van der Waals surface area contributed by atoms with E-state index in [1.165, 1.54) is 0 Å². The summed E-state index contributed by atoms with van der Waals surface area (Å²) in [5, 5.41) is 0. The van der Waals surface area contributed by atoms with Gasteiger partial charge in [-0.25, -0.2) is 4.79 Å². The molecule has 1 aromatic heterocycles. The second-order valence-corrected chi connectivity index (χ2v) is 6.50. The van der Waals surface area contributed by atoms with Crippen LogP contribution in [0.1, 0.15) is 31.2 Å². The molecule has 0 aliphatic carbocycles. The van der Waals surface area contributed by atoms with Crippen molar-refractivity contribution in [3.63, 3.8) is 0 Å². The Bertz CT molecular complexity index is 623. The topological polar surface area (TPSA) is 67.7 Å². The summed E-state index contributed by atoms with van der Waals surface area (Å²) in [5.41, 5.74) is 1.28. The minimum atomic E-state index is -0.277. The molecule has 1 fully saturated rings. The number of rotatable bonds is 8. The van der Waals surface area contributed by atoms with Crippen molar-refractivity contribution in [1.29, 1.82) is 0 Å². The molecule has 1 aliphatic rings. The Labute approximate surface area is 149 Å². The number of morpholine rings is 1. The third-order valence-electron chi connectivity index (χ3n) is 4.64. The minimum Gasteiger partial charge on any atom is -0.379 e. The molecule has 1 aromatic rings. The predicted molar refractivity (Wildman–Crippen MR) is 96.7 cm³/mol. The van der Waals surface area contributed by atoms with Crippen molar-refractivity contribution >= 4 is 5.91 Å². The van der Waals surface area contributed by atoms with Crippen molar-refractivity contribution in [2.75, 3.05) is 45.9 Å². The second-order valence-electron chi connectivity index (χ2n) is 6.50. The number of hydrogen-bond acceptors (Lipinski definition) is 5. The molecule has 2 rings (SSSR count). The Balaban J connectivity index is 1.80. The van der Waals surface area contributed by atoms with E-state index in [4.69, 9.17) is 4.74 Å². The van der Waals surface area contributed by atoms with Crippen molar-refractivity contribution < 1.29 is 9.53 Å². The standard InChI is InChI=1S/C18H30N4O3/c1-4-21(8-5-7-20-10-12-25-13-11-20)17(23)6-9-22-16(3)14-15(2)19-18(22)24/h14H,4-13H2,1-3H3. The molecule has 7 nitrogen and oxygen atoms in total. The van der Waals surface area contributed by atoms with Crippen LogP contribution in [0, 0.1) is 13.8 Å². The fourth-order valence-electron chi connectivity index (χ4n) is 3.18. The zero-order valence-corrected chi connectivity index (χ0v) is 15.7. The van der Waals surface area contributed by atoms with Crippen molar-refractivity contribution in [3.8, 4) is 0 Å². The molecular weight excluding hydrogens is 320 g/mol. The summed E-state index contributed by atoms with van der Waals surface area (Å²) in [6, 6.07) is 1.87. The van der Waals surface area contributed by atoms with Gasteiger partial charge in [-0.05, 0) is 33.3 Å². The van der Waals surface area contributed by atoms with Crippen LogP contribution in [0.25, 0.3) is 0 Å². The smallest absolute Gasteiger partial charge is 0.347 e. The van der Waals surface area contributed by atoms with Crippen molar-refractivity contribution in [2.45, 2.75) is 40.2 Å². The van der Waals surface area contributed by atoms with Crippen LogP contribution < -0.4 is 5.69 Å². The third-order valence-corrected chi connectivity index (χ3v) is 4.64. The first-order chi connectivity index (χ1) is 12.0. The fourth-order valence-corrected chi connectivity index (χ4v) is 3.18. The highest BCUT2D eigenvalue weighted by atomic mass is 16.5. The summed E-state index contributed by atoms with van der Waals surface area (Å²) in [6.45, 7) is 12.1. The van der Waals surface area contributed by atoms with Crippen LogP contribution in [0.2, 0.25) is 0 Å². The summed E-state index contributed by atoms with van der Waals surface area (Å²) in [4.78, 5) is 32.6. The number of hydrogen-bond donors (Lipinski definition) is 0. The Morgan fingerprint density at radius 2 is 2.00 bits per heavy atom. The molecule has 0 aromatic carbocycles. The molecule has 1 saturated heterocycles. The van der Waals surface area contributed by atoms with Gasteiger partial charge in [-0.3, -0.25) is 14.3 Å². The lowest BCUT2D eigenvalue weighted by Gasteiger charge is -2.28. The quantitative estimate of drug-likeness (QED) is 0.694. The van der Waals surface area contributed by atoms with Gasteiger partial charge in [0.15, 0.2) is 0 Å². The molecule has 140 valence electrons. The molecule has 7 heteroatoms. The maximum atomic E-state index is 12.5. The highest BCUT2D eigenvalue weighted by Crippen LogP contribution is 2.04. The van der Waals surface area contributed by atoms with Crippen molar-refractivity contribution in [1.82, 2.24) is 19.4 Å².